The van der Waals surface area contributed by atoms with Crippen LogP contribution in [-0.4, -0.2) is 20.6 Å². The molecule has 0 aliphatic rings. The molecule has 0 radical (unpaired) electrons. The third-order valence-electron chi connectivity index (χ3n) is 2.54. The molecule has 0 saturated carbocycles. The second-order valence-electron chi connectivity index (χ2n) is 3.46. The number of rotatable bonds is 4. The quantitative estimate of drug-likeness (QED) is 0.769. The van der Waals surface area contributed by atoms with Gasteiger partial charge < -0.3 is 9.67 Å². The Bertz CT molecular complexity index is 391. The normalized spacial score (nSPS) is 11.8. The van der Waals surface area contributed by atoms with Gasteiger partial charge in [0.1, 0.15) is 0 Å². The van der Waals surface area contributed by atoms with Crippen LogP contribution in [0.4, 0.5) is 0 Å². The van der Waals surface area contributed by atoms with E-state index in [0.29, 0.717) is 18.5 Å². The first-order valence-corrected chi connectivity index (χ1v) is 4.97. The Kier molecular flexibility index (Phi) is 3.66. The van der Waals surface area contributed by atoms with E-state index < -0.39 is 5.97 Å². The largest absolute Gasteiger partial charge is 0.478 e. The first kappa shape index (κ1) is 11.5. The van der Waals surface area contributed by atoms with E-state index in [9.17, 15) is 4.79 Å². The predicted molar refractivity (Wildman–Crippen MR) is 57.7 cm³/mol. The number of hydrogen-bond acceptors (Lipinski definition) is 2. The van der Waals surface area contributed by atoms with Gasteiger partial charge in [-0.3, -0.25) is 0 Å². The number of aryl methyl sites for hydroxylation is 1. The molecular formula is C11H16N2O2. The summed E-state index contributed by atoms with van der Waals surface area (Å²) in [7, 11) is 0. The maximum atomic E-state index is 10.7. The molecule has 1 aromatic rings. The van der Waals surface area contributed by atoms with Crippen LogP contribution in [0.5, 0.6) is 0 Å². The fourth-order valence-corrected chi connectivity index (χ4v) is 1.32. The topological polar surface area (TPSA) is 55.1 Å². The lowest BCUT2D eigenvalue weighted by molar-refractivity contribution is -0.132. The number of carboxylic acids is 1. The van der Waals surface area contributed by atoms with Crippen LogP contribution in [0.3, 0.4) is 0 Å². The Hall–Kier alpha value is -1.58. The molecule has 0 atom stereocenters. The third kappa shape index (κ3) is 2.68. The molecule has 1 N–H and O–H groups in total. The standard InChI is InChI=1S/C11H16N2O2/c1-4-10(11(14)15)5-6-13-7-12-8(2)9(13)3/h5,7H,4,6H2,1-3H3,(H,14,15). The lowest BCUT2D eigenvalue weighted by Gasteiger charge is -2.02. The molecular weight excluding hydrogens is 192 g/mol. The zero-order valence-corrected chi connectivity index (χ0v) is 9.32. The van der Waals surface area contributed by atoms with Gasteiger partial charge in [0, 0.05) is 17.8 Å². The third-order valence-corrected chi connectivity index (χ3v) is 2.54. The summed E-state index contributed by atoms with van der Waals surface area (Å²) in [6.45, 7) is 6.32. The first-order chi connectivity index (χ1) is 7.06. The van der Waals surface area contributed by atoms with Gasteiger partial charge in [0.15, 0.2) is 0 Å². The van der Waals surface area contributed by atoms with Crippen molar-refractivity contribution >= 4 is 5.97 Å². The number of allylic oxidation sites excluding steroid dienone is 1. The van der Waals surface area contributed by atoms with Gasteiger partial charge >= 0.3 is 5.97 Å². The van der Waals surface area contributed by atoms with E-state index in [1.165, 1.54) is 0 Å². The molecule has 0 aliphatic carbocycles. The average Bonchev–Trinajstić information content (AvgIpc) is 2.49. The van der Waals surface area contributed by atoms with E-state index in [0.717, 1.165) is 11.4 Å². The fraction of sp³-hybridized carbons (Fsp3) is 0.455. The van der Waals surface area contributed by atoms with Crippen LogP contribution in [0, 0.1) is 13.8 Å². The molecule has 15 heavy (non-hydrogen) atoms. The summed E-state index contributed by atoms with van der Waals surface area (Å²) in [6, 6.07) is 0. The molecule has 4 heteroatoms. The minimum Gasteiger partial charge on any atom is -0.478 e. The van der Waals surface area contributed by atoms with Crippen molar-refractivity contribution in [1.29, 1.82) is 0 Å². The number of carbonyl (C=O) groups is 1. The summed E-state index contributed by atoms with van der Waals surface area (Å²) in [5, 5.41) is 8.83. The van der Waals surface area contributed by atoms with Gasteiger partial charge in [0.2, 0.25) is 0 Å². The number of nitrogens with zero attached hydrogens (tertiary/aromatic N) is 2. The Balaban J connectivity index is 2.79. The maximum absolute atomic E-state index is 10.7. The van der Waals surface area contributed by atoms with Crippen LogP contribution < -0.4 is 0 Å². The molecule has 0 aliphatic heterocycles. The molecule has 0 aromatic carbocycles. The van der Waals surface area contributed by atoms with Gasteiger partial charge in [-0.2, -0.15) is 0 Å². The van der Waals surface area contributed by atoms with Gasteiger partial charge in [-0.15, -0.1) is 0 Å². The van der Waals surface area contributed by atoms with Crippen LogP contribution in [0.1, 0.15) is 24.7 Å². The second-order valence-corrected chi connectivity index (χ2v) is 3.46. The van der Waals surface area contributed by atoms with Crippen molar-refractivity contribution in [3.8, 4) is 0 Å². The Labute approximate surface area is 89.3 Å². The molecule has 0 unspecified atom stereocenters. The van der Waals surface area contributed by atoms with Crippen LogP contribution in [-0.2, 0) is 11.3 Å². The number of aromatic nitrogens is 2. The van der Waals surface area contributed by atoms with Crippen molar-refractivity contribution in [3.63, 3.8) is 0 Å². The Morgan fingerprint density at radius 1 is 1.60 bits per heavy atom. The van der Waals surface area contributed by atoms with Gasteiger partial charge in [-0.05, 0) is 20.3 Å². The number of imidazole rings is 1. The number of aliphatic carboxylic acids is 1. The number of hydrogen-bond donors (Lipinski definition) is 1. The fourth-order valence-electron chi connectivity index (χ4n) is 1.32. The van der Waals surface area contributed by atoms with E-state index in [1.807, 2.05) is 25.3 Å². The molecule has 0 saturated heterocycles. The summed E-state index contributed by atoms with van der Waals surface area (Å²) in [6.07, 6.45) is 4.01. The van der Waals surface area contributed by atoms with Crippen molar-refractivity contribution in [2.75, 3.05) is 0 Å². The van der Waals surface area contributed by atoms with Gasteiger partial charge in [-0.25, -0.2) is 9.78 Å². The second kappa shape index (κ2) is 4.77. The van der Waals surface area contributed by atoms with E-state index >= 15 is 0 Å². The highest BCUT2D eigenvalue weighted by molar-refractivity contribution is 5.86. The first-order valence-electron chi connectivity index (χ1n) is 4.97. The smallest absolute Gasteiger partial charge is 0.331 e. The highest BCUT2D eigenvalue weighted by Crippen LogP contribution is 2.06. The molecule has 4 nitrogen and oxygen atoms in total. The molecule has 0 bridgehead atoms. The summed E-state index contributed by atoms with van der Waals surface area (Å²) >= 11 is 0. The maximum Gasteiger partial charge on any atom is 0.331 e. The molecule has 0 spiro atoms. The monoisotopic (exact) mass is 208 g/mol. The van der Waals surface area contributed by atoms with Crippen molar-refractivity contribution in [1.82, 2.24) is 9.55 Å². The SMILES string of the molecule is CCC(=CCn1cnc(C)c1C)C(=O)O. The van der Waals surface area contributed by atoms with Gasteiger partial charge in [-0.1, -0.05) is 13.0 Å². The average molecular weight is 208 g/mol. The van der Waals surface area contributed by atoms with E-state index in [1.54, 1.807) is 12.4 Å². The van der Waals surface area contributed by atoms with E-state index in [2.05, 4.69) is 4.98 Å². The lowest BCUT2D eigenvalue weighted by Crippen LogP contribution is -2.03. The minimum atomic E-state index is -0.841. The van der Waals surface area contributed by atoms with Crippen LogP contribution >= 0.6 is 0 Å². The van der Waals surface area contributed by atoms with Crippen molar-refractivity contribution in [2.24, 2.45) is 0 Å². The predicted octanol–water partition coefficient (Wildman–Crippen LogP) is 1.92. The summed E-state index contributed by atoms with van der Waals surface area (Å²) < 4.78 is 1.94. The molecule has 0 amide bonds. The molecule has 82 valence electrons. The van der Waals surface area contributed by atoms with Crippen molar-refractivity contribution in [2.45, 2.75) is 33.7 Å². The minimum absolute atomic E-state index is 0.445. The number of carboxylic acid groups (broad SMARTS) is 1. The molecule has 1 rings (SSSR count). The Morgan fingerprint density at radius 2 is 2.27 bits per heavy atom. The summed E-state index contributed by atoms with van der Waals surface area (Å²) in [5.41, 5.74) is 2.50. The summed E-state index contributed by atoms with van der Waals surface area (Å²) in [4.78, 5) is 14.9. The van der Waals surface area contributed by atoms with Crippen molar-refractivity contribution in [3.05, 3.63) is 29.4 Å². The Morgan fingerprint density at radius 3 is 2.67 bits per heavy atom. The highest BCUT2D eigenvalue weighted by Gasteiger charge is 2.04. The highest BCUT2D eigenvalue weighted by atomic mass is 16.4. The van der Waals surface area contributed by atoms with Crippen LogP contribution in [0.25, 0.3) is 0 Å². The van der Waals surface area contributed by atoms with Gasteiger partial charge in [0.05, 0.1) is 12.0 Å². The van der Waals surface area contributed by atoms with Gasteiger partial charge in [0.25, 0.3) is 0 Å². The summed E-state index contributed by atoms with van der Waals surface area (Å²) in [5.74, 6) is -0.841. The van der Waals surface area contributed by atoms with E-state index in [4.69, 9.17) is 5.11 Å². The molecule has 1 heterocycles. The molecule has 0 fully saturated rings. The zero-order chi connectivity index (χ0) is 11.4. The zero-order valence-electron chi connectivity index (χ0n) is 9.32. The van der Waals surface area contributed by atoms with E-state index in [-0.39, 0.29) is 0 Å². The van der Waals surface area contributed by atoms with Crippen LogP contribution in [0.2, 0.25) is 0 Å². The van der Waals surface area contributed by atoms with Crippen LogP contribution in [0.15, 0.2) is 18.0 Å². The van der Waals surface area contributed by atoms with Crippen molar-refractivity contribution < 1.29 is 9.90 Å². The lowest BCUT2D eigenvalue weighted by atomic mass is 10.2. The molecule has 1 aromatic heterocycles.